The fourth-order valence-corrected chi connectivity index (χ4v) is 2.15. The highest BCUT2D eigenvalue weighted by atomic mass is 35.5. The zero-order chi connectivity index (χ0) is 12.2. The Morgan fingerprint density at radius 2 is 1.67 bits per heavy atom. The van der Waals surface area contributed by atoms with Gasteiger partial charge in [0.2, 0.25) is 10.0 Å². The Balaban J connectivity index is 0. The number of benzene rings is 1. The Kier molecular flexibility index (Phi) is 9.41. The molecule has 0 aliphatic rings. The molecule has 1 aromatic carbocycles. The summed E-state index contributed by atoms with van der Waals surface area (Å²) in [5, 5.41) is 0. The van der Waals surface area contributed by atoms with E-state index in [2.05, 4.69) is 4.72 Å². The second kappa shape index (κ2) is 8.55. The maximum absolute atomic E-state index is 11.8. The van der Waals surface area contributed by atoms with Gasteiger partial charge < -0.3 is 10.6 Å². The lowest BCUT2D eigenvalue weighted by Gasteiger charge is -2.10. The van der Waals surface area contributed by atoms with Gasteiger partial charge in [-0.05, 0) is 38.4 Å². The largest absolute Gasteiger partial charge is 0.399 e. The van der Waals surface area contributed by atoms with E-state index in [1.807, 2.05) is 19.0 Å². The van der Waals surface area contributed by atoms with Gasteiger partial charge in [0.05, 0.1) is 4.90 Å². The van der Waals surface area contributed by atoms with Crippen molar-refractivity contribution in [2.45, 2.75) is 4.90 Å². The number of nitrogens with two attached hydrogens (primary N) is 1. The lowest BCUT2D eigenvalue weighted by atomic mass is 10.3. The molecule has 0 spiro atoms. The third-order valence-corrected chi connectivity index (χ3v) is 3.52. The van der Waals surface area contributed by atoms with Crippen molar-refractivity contribution in [2.75, 3.05) is 32.9 Å². The van der Waals surface area contributed by atoms with E-state index in [1.54, 1.807) is 12.1 Å². The number of rotatable bonds is 5. The molecule has 0 aliphatic carbocycles. The second-order valence-electron chi connectivity index (χ2n) is 3.77. The van der Waals surface area contributed by atoms with Gasteiger partial charge in [-0.25, -0.2) is 13.1 Å². The van der Waals surface area contributed by atoms with Crippen molar-refractivity contribution in [1.29, 1.82) is 0 Å². The van der Waals surface area contributed by atoms with Gasteiger partial charge in [-0.2, -0.15) is 0 Å². The van der Waals surface area contributed by atoms with Crippen LogP contribution in [0.1, 0.15) is 0 Å². The molecule has 0 heterocycles. The van der Waals surface area contributed by atoms with Crippen molar-refractivity contribution in [1.82, 2.24) is 9.62 Å². The number of nitrogens with one attached hydrogen (secondary N) is 1. The minimum atomic E-state index is -3.40. The van der Waals surface area contributed by atoms with E-state index in [-0.39, 0.29) is 29.7 Å². The predicted octanol–water partition coefficient (Wildman–Crippen LogP) is 0.952. The van der Waals surface area contributed by atoms with Crippen LogP contribution < -0.4 is 10.5 Å². The van der Waals surface area contributed by atoms with Crippen LogP contribution in [0.4, 0.5) is 5.69 Å². The minimum absolute atomic E-state index is 0. The van der Waals surface area contributed by atoms with E-state index in [0.717, 1.165) is 0 Å². The summed E-state index contributed by atoms with van der Waals surface area (Å²) in [4.78, 5) is 2.14. The normalized spacial score (nSPS) is 10.6. The number of hydrogen-bond donors (Lipinski definition) is 2. The highest BCUT2D eigenvalue weighted by Crippen LogP contribution is 2.10. The van der Waals surface area contributed by atoms with Crippen LogP contribution in [0.5, 0.6) is 0 Å². The standard InChI is InChI=1S/C10H17N3O2S.2ClH/c1-13(2)8-7-12-16(14,15)10-5-3-9(11)4-6-10;;/h3-6,12H,7-8,11H2,1-2H3;2*1H. The lowest BCUT2D eigenvalue weighted by Crippen LogP contribution is -2.31. The van der Waals surface area contributed by atoms with Crippen molar-refractivity contribution in [3.63, 3.8) is 0 Å². The van der Waals surface area contributed by atoms with Crippen molar-refractivity contribution in [3.05, 3.63) is 24.3 Å². The molecule has 1 rings (SSSR count). The molecule has 0 atom stereocenters. The number of likely N-dealkylation sites (N-methyl/N-ethyl adjacent to an activating group) is 1. The Labute approximate surface area is 121 Å². The van der Waals surface area contributed by atoms with Crippen molar-refractivity contribution >= 4 is 40.5 Å². The van der Waals surface area contributed by atoms with Gasteiger partial charge in [-0.3, -0.25) is 0 Å². The second-order valence-corrected chi connectivity index (χ2v) is 5.54. The van der Waals surface area contributed by atoms with Crippen molar-refractivity contribution < 1.29 is 8.42 Å². The first-order valence-electron chi connectivity index (χ1n) is 4.92. The molecule has 8 heteroatoms. The molecule has 0 saturated carbocycles. The topological polar surface area (TPSA) is 75.4 Å². The van der Waals surface area contributed by atoms with E-state index in [4.69, 9.17) is 5.73 Å². The number of halogens is 2. The number of nitrogen functional groups attached to an aromatic ring is 1. The fourth-order valence-electron chi connectivity index (χ4n) is 1.13. The average molecular weight is 316 g/mol. The molecule has 0 unspecified atom stereocenters. The van der Waals surface area contributed by atoms with Crippen LogP contribution in [0.2, 0.25) is 0 Å². The van der Waals surface area contributed by atoms with Crippen LogP contribution in [0.25, 0.3) is 0 Å². The number of nitrogens with zero attached hydrogens (tertiary/aromatic N) is 1. The Hall–Kier alpha value is -0.530. The van der Waals surface area contributed by atoms with Crippen LogP contribution in [0.3, 0.4) is 0 Å². The molecule has 18 heavy (non-hydrogen) atoms. The summed E-state index contributed by atoms with van der Waals surface area (Å²) in [6, 6.07) is 6.13. The zero-order valence-corrected chi connectivity index (χ0v) is 12.7. The smallest absolute Gasteiger partial charge is 0.240 e. The molecule has 106 valence electrons. The Morgan fingerprint density at radius 3 is 2.11 bits per heavy atom. The SMILES string of the molecule is CN(C)CCNS(=O)(=O)c1ccc(N)cc1.Cl.Cl. The summed E-state index contributed by atoms with van der Waals surface area (Å²) in [6.07, 6.45) is 0. The van der Waals surface area contributed by atoms with Crippen LogP contribution in [-0.2, 0) is 10.0 Å². The van der Waals surface area contributed by atoms with Crippen molar-refractivity contribution in [2.24, 2.45) is 0 Å². The molecule has 0 radical (unpaired) electrons. The van der Waals surface area contributed by atoms with Gasteiger partial charge in [-0.1, -0.05) is 0 Å². The van der Waals surface area contributed by atoms with Crippen LogP contribution in [-0.4, -0.2) is 40.5 Å². The first kappa shape index (κ1) is 19.8. The summed E-state index contributed by atoms with van der Waals surface area (Å²) in [6.45, 7) is 1.05. The summed E-state index contributed by atoms with van der Waals surface area (Å²) < 4.78 is 26.0. The van der Waals surface area contributed by atoms with Gasteiger partial charge in [0.25, 0.3) is 0 Å². The summed E-state index contributed by atoms with van der Waals surface area (Å²) >= 11 is 0. The fraction of sp³-hybridized carbons (Fsp3) is 0.400. The third-order valence-electron chi connectivity index (χ3n) is 2.04. The highest BCUT2D eigenvalue weighted by Gasteiger charge is 2.12. The number of sulfonamides is 1. The van der Waals surface area contributed by atoms with Gasteiger partial charge >= 0.3 is 0 Å². The molecule has 3 N–H and O–H groups in total. The van der Waals surface area contributed by atoms with E-state index in [0.29, 0.717) is 18.8 Å². The maximum atomic E-state index is 11.8. The average Bonchev–Trinajstić information content (AvgIpc) is 2.17. The van der Waals surface area contributed by atoms with Crippen LogP contribution in [0, 0.1) is 0 Å². The highest BCUT2D eigenvalue weighted by molar-refractivity contribution is 7.89. The molecule has 0 aliphatic heterocycles. The first-order chi connectivity index (χ1) is 7.42. The zero-order valence-electron chi connectivity index (χ0n) is 10.3. The molecule has 1 aromatic rings. The van der Waals surface area contributed by atoms with Gasteiger partial charge in [-0.15, -0.1) is 24.8 Å². The van der Waals surface area contributed by atoms with E-state index < -0.39 is 10.0 Å². The predicted molar refractivity (Wildman–Crippen MR) is 79.1 cm³/mol. The van der Waals surface area contributed by atoms with E-state index >= 15 is 0 Å². The molecule has 0 bridgehead atoms. The van der Waals surface area contributed by atoms with Crippen molar-refractivity contribution in [3.8, 4) is 0 Å². The minimum Gasteiger partial charge on any atom is -0.399 e. The molecule has 5 nitrogen and oxygen atoms in total. The molecule has 0 aromatic heterocycles. The van der Waals surface area contributed by atoms with E-state index in [1.165, 1.54) is 12.1 Å². The van der Waals surface area contributed by atoms with E-state index in [9.17, 15) is 8.42 Å². The lowest BCUT2D eigenvalue weighted by molar-refractivity contribution is 0.412. The van der Waals surface area contributed by atoms with Crippen LogP contribution in [0.15, 0.2) is 29.2 Å². The molecular weight excluding hydrogens is 297 g/mol. The van der Waals surface area contributed by atoms with Gasteiger partial charge in [0, 0.05) is 18.8 Å². The summed E-state index contributed by atoms with van der Waals surface area (Å²) in [7, 11) is 0.368. The molecule has 0 amide bonds. The molecule has 0 saturated heterocycles. The monoisotopic (exact) mass is 315 g/mol. The first-order valence-corrected chi connectivity index (χ1v) is 6.40. The summed E-state index contributed by atoms with van der Waals surface area (Å²) in [5.41, 5.74) is 6.04. The number of anilines is 1. The molecular formula is C10H19Cl2N3O2S. The third kappa shape index (κ3) is 6.42. The van der Waals surface area contributed by atoms with Gasteiger partial charge in [0.1, 0.15) is 0 Å². The maximum Gasteiger partial charge on any atom is 0.240 e. The quantitative estimate of drug-likeness (QED) is 0.793. The Bertz CT molecular complexity index is 435. The summed E-state index contributed by atoms with van der Waals surface area (Å²) in [5.74, 6) is 0. The van der Waals surface area contributed by atoms with Gasteiger partial charge in [0.15, 0.2) is 0 Å². The molecule has 0 fully saturated rings. The van der Waals surface area contributed by atoms with Crippen LogP contribution >= 0.6 is 24.8 Å². The number of hydrogen-bond acceptors (Lipinski definition) is 4. The Morgan fingerprint density at radius 1 is 1.17 bits per heavy atom.